The van der Waals surface area contributed by atoms with Crippen molar-refractivity contribution < 1.29 is 18.4 Å². The average Bonchev–Trinajstić information content (AvgIpc) is 2.39. The van der Waals surface area contributed by atoms with Crippen molar-refractivity contribution in [3.8, 4) is 0 Å². The summed E-state index contributed by atoms with van der Waals surface area (Å²) in [6.07, 6.45) is 0. The van der Waals surface area contributed by atoms with Crippen LogP contribution in [0.15, 0.2) is 0 Å². The van der Waals surface area contributed by atoms with Gasteiger partial charge in [-0.25, -0.2) is 0 Å². The number of carbonyl (C=O) groups is 2. The fourth-order valence-corrected chi connectivity index (χ4v) is 14.3. The van der Waals surface area contributed by atoms with Crippen LogP contribution in [0.4, 0.5) is 0 Å². The Morgan fingerprint density at radius 2 is 0.833 bits per heavy atom. The molecule has 4 nitrogen and oxygen atoms in total. The molecule has 0 bridgehead atoms. The summed E-state index contributed by atoms with van der Waals surface area (Å²) in [5, 5.41) is 0. The van der Waals surface area contributed by atoms with E-state index < -0.39 is 16.6 Å². The summed E-state index contributed by atoms with van der Waals surface area (Å²) in [4.78, 5) is 23.6. The van der Waals surface area contributed by atoms with Crippen molar-refractivity contribution in [1.29, 1.82) is 0 Å². The van der Waals surface area contributed by atoms with Gasteiger partial charge in [0.25, 0.3) is 28.6 Å². The van der Waals surface area contributed by atoms with E-state index in [1.54, 1.807) is 0 Å². The summed E-state index contributed by atoms with van der Waals surface area (Å²) >= 11 is 0. The van der Waals surface area contributed by atoms with Crippen molar-refractivity contribution in [2.75, 3.05) is 0 Å². The maximum Gasteiger partial charge on any atom is 0.289 e. The van der Waals surface area contributed by atoms with Gasteiger partial charge in [-0.1, -0.05) is 55.4 Å². The van der Waals surface area contributed by atoms with Crippen LogP contribution < -0.4 is 0 Å². The second-order valence-corrected chi connectivity index (χ2v) is 18.1. The highest BCUT2D eigenvalue weighted by Gasteiger charge is 2.51. The second-order valence-electron chi connectivity index (χ2n) is 8.22. The SMILES string of the molecule is CC(=O)O[Si](CC[Si](OC(C)=O)(C(C)C)C(C)C)(C(C)C)C(C)C. The first kappa shape index (κ1) is 23.4. The molecule has 0 rings (SSSR count). The molecule has 6 heteroatoms. The molecule has 0 aliphatic rings. The first-order valence-electron chi connectivity index (χ1n) is 9.21. The highest BCUT2D eigenvalue weighted by Crippen LogP contribution is 2.44. The topological polar surface area (TPSA) is 52.6 Å². The molecule has 0 unspecified atom stereocenters. The van der Waals surface area contributed by atoms with Crippen molar-refractivity contribution in [2.24, 2.45) is 0 Å². The summed E-state index contributed by atoms with van der Waals surface area (Å²) in [6, 6.07) is 1.75. The first-order valence-corrected chi connectivity index (χ1v) is 13.7. The first-order chi connectivity index (χ1) is 10.8. The molecule has 142 valence electrons. The standard InChI is InChI=1S/C18H38O4Si2/c1-13(2)23(14(3)4,21-17(9)19)11-12-24(15(5)6,16(7)8)22-18(10)20/h13-16H,11-12H2,1-10H3. The predicted octanol–water partition coefficient (Wildman–Crippen LogP) is 5.64. The summed E-state index contributed by atoms with van der Waals surface area (Å²) < 4.78 is 12.0. The highest BCUT2D eigenvalue weighted by atomic mass is 28.4. The monoisotopic (exact) mass is 374 g/mol. The van der Waals surface area contributed by atoms with Crippen LogP contribution in [0.2, 0.25) is 34.3 Å². The second kappa shape index (κ2) is 9.18. The van der Waals surface area contributed by atoms with Gasteiger partial charge < -0.3 is 8.85 Å². The minimum atomic E-state index is -2.27. The zero-order valence-corrected chi connectivity index (χ0v) is 19.4. The van der Waals surface area contributed by atoms with Gasteiger partial charge in [-0.3, -0.25) is 9.59 Å². The van der Waals surface area contributed by atoms with Crippen molar-refractivity contribution in [3.05, 3.63) is 0 Å². The van der Waals surface area contributed by atoms with Gasteiger partial charge in [0.2, 0.25) is 0 Å². The van der Waals surface area contributed by atoms with Crippen molar-refractivity contribution in [1.82, 2.24) is 0 Å². The Hall–Kier alpha value is -0.626. The van der Waals surface area contributed by atoms with E-state index in [0.717, 1.165) is 12.1 Å². The lowest BCUT2D eigenvalue weighted by Gasteiger charge is -2.43. The largest absolute Gasteiger partial charge is 0.519 e. The number of hydrogen-bond acceptors (Lipinski definition) is 4. The molecule has 0 atom stereocenters. The Kier molecular flexibility index (Phi) is 8.94. The Morgan fingerprint density at radius 1 is 0.625 bits per heavy atom. The van der Waals surface area contributed by atoms with E-state index >= 15 is 0 Å². The number of carbonyl (C=O) groups excluding carboxylic acids is 2. The van der Waals surface area contributed by atoms with Gasteiger partial charge in [0, 0.05) is 13.8 Å². The lowest BCUT2D eigenvalue weighted by atomic mass is 10.5. The molecule has 0 aliphatic heterocycles. The molecule has 0 N–H and O–H groups in total. The van der Waals surface area contributed by atoms with Crippen LogP contribution in [-0.4, -0.2) is 28.6 Å². The van der Waals surface area contributed by atoms with Crippen LogP contribution >= 0.6 is 0 Å². The van der Waals surface area contributed by atoms with Gasteiger partial charge in [-0.2, -0.15) is 0 Å². The molecule has 0 heterocycles. The van der Waals surface area contributed by atoms with E-state index in [4.69, 9.17) is 8.85 Å². The number of rotatable bonds is 9. The number of hydrogen-bond donors (Lipinski definition) is 0. The Balaban J connectivity index is 5.75. The summed E-state index contributed by atoms with van der Waals surface area (Å²) in [7, 11) is -4.54. The minimum absolute atomic E-state index is 0.182. The van der Waals surface area contributed by atoms with E-state index in [0.29, 0.717) is 22.2 Å². The molecule has 24 heavy (non-hydrogen) atoms. The molecule has 0 aliphatic carbocycles. The van der Waals surface area contributed by atoms with Crippen LogP contribution in [-0.2, 0) is 18.4 Å². The lowest BCUT2D eigenvalue weighted by molar-refractivity contribution is -0.134. The van der Waals surface area contributed by atoms with Gasteiger partial charge in [0.1, 0.15) is 0 Å². The summed E-state index contributed by atoms with van der Waals surface area (Å²) in [5.41, 5.74) is 1.35. The third-order valence-corrected chi connectivity index (χ3v) is 17.2. The third kappa shape index (κ3) is 5.44. The Bertz CT molecular complexity index is 375. The summed E-state index contributed by atoms with van der Waals surface area (Å²) in [6.45, 7) is 20.3. The van der Waals surface area contributed by atoms with Gasteiger partial charge >= 0.3 is 0 Å². The fraction of sp³-hybridized carbons (Fsp3) is 0.889. The molecular weight excluding hydrogens is 336 g/mol. The van der Waals surface area contributed by atoms with Crippen molar-refractivity contribution in [2.45, 2.75) is 103 Å². The third-order valence-electron chi connectivity index (χ3n) is 5.48. The van der Waals surface area contributed by atoms with Crippen LogP contribution in [0, 0.1) is 0 Å². The predicted molar refractivity (Wildman–Crippen MR) is 105 cm³/mol. The van der Waals surface area contributed by atoms with E-state index in [9.17, 15) is 9.59 Å². The highest BCUT2D eigenvalue weighted by molar-refractivity contribution is 6.82. The maximum absolute atomic E-state index is 11.8. The van der Waals surface area contributed by atoms with Crippen LogP contribution in [0.25, 0.3) is 0 Å². The lowest BCUT2D eigenvalue weighted by Crippen LogP contribution is -2.51. The Labute approximate surface area is 151 Å². The molecule has 0 aromatic rings. The van der Waals surface area contributed by atoms with Gasteiger partial charge in [-0.05, 0) is 34.3 Å². The zero-order valence-electron chi connectivity index (χ0n) is 17.4. The van der Waals surface area contributed by atoms with Crippen LogP contribution in [0.1, 0.15) is 69.2 Å². The quantitative estimate of drug-likeness (QED) is 0.490. The molecule has 0 amide bonds. The van der Waals surface area contributed by atoms with Gasteiger partial charge in [0.15, 0.2) is 0 Å². The molecule has 0 aromatic heterocycles. The average molecular weight is 375 g/mol. The smallest absolute Gasteiger partial charge is 0.289 e. The van der Waals surface area contributed by atoms with Crippen molar-refractivity contribution >= 4 is 28.6 Å². The Morgan fingerprint density at radius 3 is 0.958 bits per heavy atom. The normalized spacial score (nSPS) is 13.1. The molecule has 0 radical (unpaired) electrons. The van der Waals surface area contributed by atoms with Crippen LogP contribution in [0.3, 0.4) is 0 Å². The molecule has 0 aromatic carbocycles. The molecule has 0 fully saturated rings. The molecule has 0 spiro atoms. The van der Waals surface area contributed by atoms with E-state index in [2.05, 4.69) is 55.4 Å². The van der Waals surface area contributed by atoms with Gasteiger partial charge in [-0.15, -0.1) is 0 Å². The van der Waals surface area contributed by atoms with E-state index in [-0.39, 0.29) is 11.9 Å². The minimum Gasteiger partial charge on any atom is -0.519 e. The maximum atomic E-state index is 11.8. The van der Waals surface area contributed by atoms with E-state index in [1.165, 1.54) is 13.8 Å². The molecular formula is C18H38O4Si2. The fourth-order valence-electron chi connectivity index (χ4n) is 3.99. The summed E-state index contributed by atoms with van der Waals surface area (Å²) in [5.74, 6) is -0.365. The van der Waals surface area contributed by atoms with Gasteiger partial charge in [0.05, 0.1) is 0 Å². The zero-order chi connectivity index (χ0) is 19.3. The van der Waals surface area contributed by atoms with Crippen molar-refractivity contribution in [3.63, 3.8) is 0 Å². The molecule has 0 saturated carbocycles. The van der Waals surface area contributed by atoms with Crippen LogP contribution in [0.5, 0.6) is 0 Å². The van der Waals surface area contributed by atoms with E-state index in [1.807, 2.05) is 0 Å². The molecule has 0 saturated heterocycles.